The van der Waals surface area contributed by atoms with Gasteiger partial charge in [-0.1, -0.05) is 13.3 Å². The average molecular weight is 359 g/mol. The molecule has 140 valence electrons. The monoisotopic (exact) mass is 359 g/mol. The Hall–Kier alpha value is -1.76. The minimum Gasteiger partial charge on any atom is -0.494 e. The molecule has 1 amide bonds. The largest absolute Gasteiger partial charge is 0.494 e. The van der Waals surface area contributed by atoms with E-state index in [1.807, 2.05) is 0 Å². The zero-order valence-corrected chi connectivity index (χ0v) is 14.3. The number of amides is 1. The van der Waals surface area contributed by atoms with Crippen molar-refractivity contribution in [2.24, 2.45) is 0 Å². The summed E-state index contributed by atoms with van der Waals surface area (Å²) >= 11 is 0. The molecule has 0 unspecified atom stereocenters. The van der Waals surface area contributed by atoms with Crippen molar-refractivity contribution in [2.75, 3.05) is 26.4 Å². The van der Waals surface area contributed by atoms with Crippen molar-refractivity contribution in [2.45, 2.75) is 44.8 Å². The molecule has 25 heavy (non-hydrogen) atoms. The normalized spacial score (nSPS) is 15.8. The third kappa shape index (κ3) is 6.23. The maximum atomic E-state index is 12.9. The van der Waals surface area contributed by atoms with Crippen LogP contribution >= 0.6 is 0 Å². The minimum atomic E-state index is -4.43. The summed E-state index contributed by atoms with van der Waals surface area (Å²) in [6.45, 7) is 2.13. The Morgan fingerprint density at radius 3 is 2.44 bits per heavy atom. The molecule has 0 aliphatic carbocycles. The molecule has 0 aromatic heterocycles. The molecule has 0 atom stereocenters. The Morgan fingerprint density at radius 1 is 1.24 bits per heavy atom. The van der Waals surface area contributed by atoms with Crippen molar-refractivity contribution in [1.29, 1.82) is 0 Å². The van der Waals surface area contributed by atoms with Gasteiger partial charge in [-0.2, -0.15) is 13.2 Å². The second kappa shape index (κ2) is 9.08. The van der Waals surface area contributed by atoms with Gasteiger partial charge in [-0.25, -0.2) is 0 Å². The van der Waals surface area contributed by atoms with Crippen molar-refractivity contribution < 1.29 is 27.4 Å². The smallest absolute Gasteiger partial charge is 0.406 e. The summed E-state index contributed by atoms with van der Waals surface area (Å²) in [5.74, 6) is 0.00257. The number of carbonyl (C=O) groups is 1. The highest BCUT2D eigenvalue weighted by Crippen LogP contribution is 2.24. The molecular formula is C18H24F3NO3. The van der Waals surface area contributed by atoms with Crippen LogP contribution in [0.4, 0.5) is 13.2 Å². The quantitative estimate of drug-likeness (QED) is 0.690. The highest BCUT2D eigenvalue weighted by Gasteiger charge is 2.37. The van der Waals surface area contributed by atoms with Crippen molar-refractivity contribution in [3.8, 4) is 5.75 Å². The Kier molecular flexibility index (Phi) is 7.11. The van der Waals surface area contributed by atoms with Gasteiger partial charge in [0, 0.05) is 24.8 Å². The number of unbranched alkanes of at least 4 members (excludes halogenated alkanes) is 1. The molecule has 7 heteroatoms. The maximum absolute atomic E-state index is 12.9. The molecule has 0 bridgehead atoms. The van der Waals surface area contributed by atoms with Gasteiger partial charge in [0.25, 0.3) is 5.91 Å². The second-order valence-electron chi connectivity index (χ2n) is 6.12. The van der Waals surface area contributed by atoms with Crippen LogP contribution in [0, 0.1) is 0 Å². The summed E-state index contributed by atoms with van der Waals surface area (Å²) in [4.78, 5) is 13.6. The van der Waals surface area contributed by atoms with Crippen LogP contribution in [0.2, 0.25) is 0 Å². The summed E-state index contributed by atoms with van der Waals surface area (Å²) in [5.41, 5.74) is 0.235. The number of alkyl halides is 3. The van der Waals surface area contributed by atoms with Crippen LogP contribution in [0.1, 0.15) is 43.0 Å². The standard InChI is InChI=1S/C18H24F3NO3/c1-2-3-10-25-16-6-4-14(5-7-16)17(23)22(13-18(19,20)21)15-8-11-24-12-9-15/h4-7,15H,2-3,8-13H2,1H3. The van der Waals surface area contributed by atoms with E-state index in [4.69, 9.17) is 9.47 Å². The SMILES string of the molecule is CCCCOc1ccc(C(=O)N(CC(F)(F)F)C2CCOCC2)cc1. The van der Waals surface area contributed by atoms with Gasteiger partial charge in [0.2, 0.25) is 0 Å². The lowest BCUT2D eigenvalue weighted by molar-refractivity contribution is -0.147. The van der Waals surface area contributed by atoms with Gasteiger partial charge in [0.1, 0.15) is 12.3 Å². The molecule has 0 radical (unpaired) electrons. The number of hydrogen-bond donors (Lipinski definition) is 0. The van der Waals surface area contributed by atoms with Gasteiger partial charge < -0.3 is 14.4 Å². The van der Waals surface area contributed by atoms with Crippen LogP contribution in [0.15, 0.2) is 24.3 Å². The predicted molar refractivity (Wildman–Crippen MR) is 87.8 cm³/mol. The number of nitrogens with zero attached hydrogens (tertiary/aromatic N) is 1. The molecule has 1 saturated heterocycles. The number of rotatable bonds is 7. The van der Waals surface area contributed by atoms with E-state index in [1.54, 1.807) is 12.1 Å². The van der Waals surface area contributed by atoms with Gasteiger partial charge in [-0.3, -0.25) is 4.79 Å². The maximum Gasteiger partial charge on any atom is 0.406 e. The van der Waals surface area contributed by atoms with Crippen molar-refractivity contribution in [3.05, 3.63) is 29.8 Å². The van der Waals surface area contributed by atoms with E-state index in [2.05, 4.69) is 6.92 Å². The van der Waals surface area contributed by atoms with Crippen molar-refractivity contribution in [1.82, 2.24) is 4.90 Å². The number of hydrogen-bond acceptors (Lipinski definition) is 3. The second-order valence-corrected chi connectivity index (χ2v) is 6.12. The molecule has 1 fully saturated rings. The zero-order valence-electron chi connectivity index (χ0n) is 14.3. The topological polar surface area (TPSA) is 38.8 Å². The fraction of sp³-hybridized carbons (Fsp3) is 0.611. The minimum absolute atomic E-state index is 0.235. The molecule has 1 aromatic carbocycles. The number of ether oxygens (including phenoxy) is 2. The van der Waals surface area contributed by atoms with Crippen LogP contribution in [0.25, 0.3) is 0 Å². The number of halogens is 3. The van der Waals surface area contributed by atoms with Crippen molar-refractivity contribution in [3.63, 3.8) is 0 Å². The highest BCUT2D eigenvalue weighted by atomic mass is 19.4. The summed E-state index contributed by atoms with van der Waals surface area (Å²) < 4.78 is 49.5. The fourth-order valence-corrected chi connectivity index (χ4v) is 2.75. The third-order valence-corrected chi connectivity index (χ3v) is 4.11. The van der Waals surface area contributed by atoms with E-state index in [9.17, 15) is 18.0 Å². The summed E-state index contributed by atoms with van der Waals surface area (Å²) in [5, 5.41) is 0. The number of benzene rings is 1. The summed E-state index contributed by atoms with van der Waals surface area (Å²) in [6.07, 6.45) is -1.67. The molecule has 0 spiro atoms. The first-order chi connectivity index (χ1) is 11.9. The first kappa shape index (κ1) is 19.6. The Bertz CT molecular complexity index is 539. The Balaban J connectivity index is 2.09. The average Bonchev–Trinajstić information content (AvgIpc) is 2.60. The lowest BCUT2D eigenvalue weighted by atomic mass is 10.1. The molecule has 0 saturated carbocycles. The first-order valence-corrected chi connectivity index (χ1v) is 8.59. The zero-order chi connectivity index (χ0) is 18.3. The molecule has 1 aliphatic heterocycles. The number of carbonyl (C=O) groups excluding carboxylic acids is 1. The molecular weight excluding hydrogens is 335 g/mol. The van der Waals surface area contributed by atoms with Crippen LogP contribution in [-0.4, -0.2) is 49.4 Å². The molecule has 1 heterocycles. The molecule has 4 nitrogen and oxygen atoms in total. The Labute approximate surface area is 145 Å². The van der Waals surface area contributed by atoms with E-state index >= 15 is 0 Å². The van der Waals surface area contributed by atoms with Crippen molar-refractivity contribution >= 4 is 5.91 Å². The molecule has 0 N–H and O–H groups in total. The van der Waals surface area contributed by atoms with Gasteiger partial charge >= 0.3 is 6.18 Å². The third-order valence-electron chi connectivity index (χ3n) is 4.11. The fourth-order valence-electron chi connectivity index (χ4n) is 2.75. The van der Waals surface area contributed by atoms with E-state index < -0.39 is 24.7 Å². The van der Waals surface area contributed by atoms with Gasteiger partial charge in [-0.15, -0.1) is 0 Å². The van der Waals surface area contributed by atoms with Crippen LogP contribution < -0.4 is 4.74 Å². The first-order valence-electron chi connectivity index (χ1n) is 8.59. The van der Waals surface area contributed by atoms with Crippen LogP contribution in [-0.2, 0) is 4.74 Å². The molecule has 1 aromatic rings. The van der Waals surface area contributed by atoms with Gasteiger partial charge in [-0.05, 0) is 43.5 Å². The van der Waals surface area contributed by atoms with E-state index in [0.717, 1.165) is 17.7 Å². The van der Waals surface area contributed by atoms with E-state index in [1.165, 1.54) is 12.1 Å². The Morgan fingerprint density at radius 2 is 1.88 bits per heavy atom. The molecule has 1 aliphatic rings. The lowest BCUT2D eigenvalue weighted by Crippen LogP contribution is -2.47. The predicted octanol–water partition coefficient (Wildman–Crippen LogP) is 4.05. The summed E-state index contributed by atoms with van der Waals surface area (Å²) in [7, 11) is 0. The summed E-state index contributed by atoms with van der Waals surface area (Å²) in [6, 6.07) is 5.83. The van der Waals surface area contributed by atoms with E-state index in [-0.39, 0.29) is 5.56 Å². The lowest BCUT2D eigenvalue weighted by Gasteiger charge is -2.34. The van der Waals surface area contributed by atoms with Crippen LogP contribution in [0.5, 0.6) is 5.75 Å². The molecule has 2 rings (SSSR count). The highest BCUT2D eigenvalue weighted by molar-refractivity contribution is 5.94. The van der Waals surface area contributed by atoms with E-state index in [0.29, 0.717) is 38.4 Å². The van der Waals surface area contributed by atoms with Crippen LogP contribution in [0.3, 0.4) is 0 Å². The van der Waals surface area contributed by atoms with Gasteiger partial charge in [0.05, 0.1) is 6.61 Å². The van der Waals surface area contributed by atoms with Gasteiger partial charge in [0.15, 0.2) is 0 Å².